The van der Waals surface area contributed by atoms with Crippen LogP contribution in [0.1, 0.15) is 51.6 Å². The molecule has 1 atom stereocenters. The predicted molar refractivity (Wildman–Crippen MR) is 122 cm³/mol. The fourth-order valence-corrected chi connectivity index (χ4v) is 3.77. The number of fused-ring (bicyclic) bond motifs is 1. The van der Waals surface area contributed by atoms with Gasteiger partial charge in [-0.3, -0.25) is 14.4 Å². The van der Waals surface area contributed by atoms with Gasteiger partial charge in [0.15, 0.2) is 5.78 Å². The molecule has 0 bridgehead atoms. The van der Waals surface area contributed by atoms with Crippen LogP contribution >= 0.6 is 24.0 Å². The van der Waals surface area contributed by atoms with Gasteiger partial charge >= 0.3 is 5.97 Å². The summed E-state index contributed by atoms with van der Waals surface area (Å²) in [4.78, 5) is 37.0. The molecule has 0 heterocycles. The number of hydrogen-bond acceptors (Lipinski definition) is 6. The van der Waals surface area contributed by atoms with Gasteiger partial charge in [0.25, 0.3) is 5.91 Å². The number of amides is 1. The number of benzene rings is 2. The molecular formula is C22H23Cl2N3O4. The fourth-order valence-electron chi connectivity index (χ4n) is 3.50. The van der Waals surface area contributed by atoms with Crippen LogP contribution in [-0.4, -0.2) is 30.5 Å². The molecule has 0 fully saturated rings. The molecule has 0 saturated carbocycles. The van der Waals surface area contributed by atoms with Crippen LogP contribution in [0.25, 0.3) is 0 Å². The van der Waals surface area contributed by atoms with Gasteiger partial charge in [-0.05, 0) is 61.2 Å². The molecule has 0 aliphatic heterocycles. The van der Waals surface area contributed by atoms with Gasteiger partial charge in [0, 0.05) is 17.2 Å². The Morgan fingerprint density at radius 1 is 1.29 bits per heavy atom. The maximum absolute atomic E-state index is 12.7. The number of Topliss-reactive ketones (excluding diaryl/α,β-unsaturated/α-hetero) is 1. The molecule has 0 aromatic heterocycles. The van der Waals surface area contributed by atoms with Crippen molar-refractivity contribution in [1.29, 1.82) is 0 Å². The summed E-state index contributed by atoms with van der Waals surface area (Å²) in [7, 11) is 0. The maximum Gasteiger partial charge on any atom is 0.306 e. The SMILES string of the molecule is CCOC(=O)CC1CCc2cc(NC(=O)c3ccc(C=NN)cc3Cl)ccc2C1=O.Cl. The smallest absolute Gasteiger partial charge is 0.306 e. The average molecular weight is 464 g/mol. The second-order valence-electron chi connectivity index (χ2n) is 6.95. The van der Waals surface area contributed by atoms with Crippen LogP contribution in [0.3, 0.4) is 0 Å². The van der Waals surface area contributed by atoms with Crippen LogP contribution in [0.5, 0.6) is 0 Å². The number of nitrogens with one attached hydrogen (secondary N) is 1. The van der Waals surface area contributed by atoms with Crippen LogP contribution in [0.4, 0.5) is 5.69 Å². The van der Waals surface area contributed by atoms with Gasteiger partial charge in [0.1, 0.15) is 0 Å². The summed E-state index contributed by atoms with van der Waals surface area (Å²) in [6, 6.07) is 10.0. The highest BCUT2D eigenvalue weighted by atomic mass is 35.5. The van der Waals surface area contributed by atoms with E-state index in [1.807, 2.05) is 0 Å². The lowest BCUT2D eigenvalue weighted by atomic mass is 9.81. The molecule has 1 aliphatic rings. The fraction of sp³-hybridized carbons (Fsp3) is 0.273. The Bertz CT molecular complexity index is 1020. The zero-order valence-electron chi connectivity index (χ0n) is 16.9. The molecule has 7 nitrogen and oxygen atoms in total. The first-order valence-electron chi connectivity index (χ1n) is 9.59. The third-order valence-corrected chi connectivity index (χ3v) is 5.25. The average Bonchev–Trinajstić information content (AvgIpc) is 2.70. The molecule has 0 saturated heterocycles. The molecule has 1 amide bonds. The molecule has 3 N–H and O–H groups in total. The van der Waals surface area contributed by atoms with Crippen molar-refractivity contribution in [1.82, 2.24) is 0 Å². The van der Waals surface area contributed by atoms with E-state index in [1.54, 1.807) is 43.3 Å². The standard InChI is InChI=1S/C22H22ClN3O4.ClH/c1-2-30-20(27)11-15-5-4-14-10-16(6-8-17(14)21(15)28)26-22(29)18-7-3-13(12-25-24)9-19(18)23;/h3,6-10,12,15H,2,4-5,11,24H2,1H3,(H,26,29);1H. The molecule has 0 radical (unpaired) electrons. The first kappa shape index (κ1) is 24.4. The van der Waals surface area contributed by atoms with Gasteiger partial charge in [0.05, 0.1) is 29.8 Å². The van der Waals surface area contributed by atoms with Crippen molar-refractivity contribution in [3.8, 4) is 0 Å². The number of ketones is 1. The Morgan fingerprint density at radius 3 is 2.74 bits per heavy atom. The quantitative estimate of drug-likeness (QED) is 0.291. The lowest BCUT2D eigenvalue weighted by Crippen LogP contribution is -2.26. The zero-order chi connectivity index (χ0) is 21.7. The molecular weight excluding hydrogens is 441 g/mol. The van der Waals surface area contributed by atoms with Gasteiger partial charge in [-0.1, -0.05) is 17.7 Å². The third-order valence-electron chi connectivity index (χ3n) is 4.94. The summed E-state index contributed by atoms with van der Waals surface area (Å²) in [6.45, 7) is 2.04. The van der Waals surface area contributed by atoms with Crippen LogP contribution in [-0.2, 0) is 16.0 Å². The van der Waals surface area contributed by atoms with Crippen LogP contribution < -0.4 is 11.2 Å². The first-order valence-corrected chi connectivity index (χ1v) is 9.97. The molecule has 9 heteroatoms. The minimum absolute atomic E-state index is 0. The number of ether oxygens (including phenoxy) is 1. The largest absolute Gasteiger partial charge is 0.466 e. The highest BCUT2D eigenvalue weighted by Gasteiger charge is 2.29. The predicted octanol–water partition coefficient (Wildman–Crippen LogP) is 4.01. The van der Waals surface area contributed by atoms with E-state index in [0.29, 0.717) is 41.8 Å². The number of rotatable bonds is 6. The Kier molecular flexibility index (Phi) is 8.59. The highest BCUT2D eigenvalue weighted by molar-refractivity contribution is 6.34. The lowest BCUT2D eigenvalue weighted by Gasteiger charge is -2.23. The second kappa shape index (κ2) is 10.9. The second-order valence-corrected chi connectivity index (χ2v) is 7.36. The van der Waals surface area contributed by atoms with Crippen LogP contribution in [0.2, 0.25) is 5.02 Å². The Morgan fingerprint density at radius 2 is 2.06 bits per heavy atom. The van der Waals surface area contributed by atoms with Crippen molar-refractivity contribution in [2.45, 2.75) is 26.2 Å². The van der Waals surface area contributed by atoms with Crippen molar-refractivity contribution in [3.63, 3.8) is 0 Å². The first-order chi connectivity index (χ1) is 14.4. The number of hydrogen-bond donors (Lipinski definition) is 2. The topological polar surface area (TPSA) is 111 Å². The van der Waals surface area contributed by atoms with Crippen molar-refractivity contribution in [2.75, 3.05) is 11.9 Å². The number of carbonyl (C=O) groups excluding carboxylic acids is 3. The van der Waals surface area contributed by atoms with Crippen LogP contribution in [0.15, 0.2) is 41.5 Å². The van der Waals surface area contributed by atoms with E-state index < -0.39 is 0 Å². The molecule has 1 aliphatic carbocycles. The molecule has 31 heavy (non-hydrogen) atoms. The van der Waals surface area contributed by atoms with E-state index in [1.165, 1.54) is 6.21 Å². The monoisotopic (exact) mass is 463 g/mol. The molecule has 164 valence electrons. The Balaban J connectivity index is 0.00000341. The summed E-state index contributed by atoms with van der Waals surface area (Å²) in [5.74, 6) is 3.97. The van der Waals surface area contributed by atoms with Crippen molar-refractivity contribution in [2.24, 2.45) is 16.9 Å². The molecule has 1 unspecified atom stereocenters. The van der Waals surface area contributed by atoms with Crippen molar-refractivity contribution >= 4 is 53.6 Å². The number of nitrogens with two attached hydrogens (primary N) is 1. The Labute approximate surface area is 191 Å². The molecule has 2 aromatic carbocycles. The van der Waals surface area contributed by atoms with Gasteiger partial charge in [-0.2, -0.15) is 5.10 Å². The summed E-state index contributed by atoms with van der Waals surface area (Å²) in [5, 5.41) is 6.52. The maximum atomic E-state index is 12.7. The van der Waals surface area contributed by atoms with Gasteiger partial charge in [0.2, 0.25) is 0 Å². The van der Waals surface area contributed by atoms with E-state index in [-0.39, 0.29) is 47.4 Å². The normalized spacial score (nSPS) is 15.2. The van der Waals surface area contributed by atoms with Gasteiger partial charge in [-0.15, -0.1) is 12.4 Å². The minimum Gasteiger partial charge on any atom is -0.466 e. The summed E-state index contributed by atoms with van der Waals surface area (Å²) >= 11 is 6.19. The Hall–Kier alpha value is -2.90. The van der Waals surface area contributed by atoms with Crippen LogP contribution in [0, 0.1) is 5.92 Å². The van der Waals surface area contributed by atoms with Crippen molar-refractivity contribution in [3.05, 3.63) is 63.7 Å². The van der Waals surface area contributed by atoms with E-state index in [4.69, 9.17) is 22.2 Å². The minimum atomic E-state index is -0.369. The third kappa shape index (κ3) is 5.83. The van der Waals surface area contributed by atoms with E-state index in [0.717, 1.165) is 5.56 Å². The summed E-state index contributed by atoms with van der Waals surface area (Å²) in [5.41, 5.74) is 2.99. The summed E-state index contributed by atoms with van der Waals surface area (Å²) in [6.07, 6.45) is 2.73. The van der Waals surface area contributed by atoms with Crippen molar-refractivity contribution < 1.29 is 19.1 Å². The number of esters is 1. The summed E-state index contributed by atoms with van der Waals surface area (Å²) < 4.78 is 4.95. The molecule has 0 spiro atoms. The number of halogens is 2. The number of aryl methyl sites for hydroxylation is 1. The number of anilines is 1. The van der Waals surface area contributed by atoms with Gasteiger partial charge < -0.3 is 15.9 Å². The highest BCUT2D eigenvalue weighted by Crippen LogP contribution is 2.30. The molecule has 3 rings (SSSR count). The van der Waals surface area contributed by atoms with E-state index in [2.05, 4.69) is 10.4 Å². The van der Waals surface area contributed by atoms with E-state index >= 15 is 0 Å². The van der Waals surface area contributed by atoms with E-state index in [9.17, 15) is 14.4 Å². The van der Waals surface area contributed by atoms with Gasteiger partial charge in [-0.25, -0.2) is 0 Å². The number of nitrogens with zero attached hydrogens (tertiary/aromatic N) is 1. The zero-order valence-corrected chi connectivity index (χ0v) is 18.5. The number of carbonyl (C=O) groups is 3. The lowest BCUT2D eigenvalue weighted by molar-refractivity contribution is -0.144. The number of hydrazone groups is 1. The molecule has 2 aromatic rings.